The van der Waals surface area contributed by atoms with Crippen molar-refractivity contribution in [3.8, 4) is 0 Å². The van der Waals surface area contributed by atoms with Gasteiger partial charge < -0.3 is 4.42 Å². The van der Waals surface area contributed by atoms with Crippen LogP contribution in [0.25, 0.3) is 12.2 Å². The Morgan fingerprint density at radius 1 is 1.23 bits per heavy atom. The average molecular weight is 312 g/mol. The first-order valence-corrected chi connectivity index (χ1v) is 7.88. The Hall–Kier alpha value is -2.34. The second-order valence-electron chi connectivity index (χ2n) is 4.94. The molecular formula is C16H16N4OS. The Morgan fingerprint density at radius 2 is 2.14 bits per heavy atom. The molecule has 0 unspecified atom stereocenters. The van der Waals surface area contributed by atoms with E-state index in [1.165, 1.54) is 0 Å². The third-order valence-corrected chi connectivity index (χ3v) is 3.87. The van der Waals surface area contributed by atoms with Gasteiger partial charge in [0.05, 0.1) is 0 Å². The largest absolute Gasteiger partial charge is 0.462 e. The molecule has 3 heterocycles. The molecule has 0 atom stereocenters. The maximum absolute atomic E-state index is 5.47. The number of aromatic amines is 1. The van der Waals surface area contributed by atoms with Gasteiger partial charge in [-0.25, -0.2) is 4.98 Å². The fourth-order valence-corrected chi connectivity index (χ4v) is 2.67. The number of H-pyrrole nitrogens is 1. The summed E-state index contributed by atoms with van der Waals surface area (Å²) in [5, 5.41) is 7.82. The SMILES string of the molecule is Cc1cncc(CSc2n[nH]c(C=Cc3ccc(C)o3)n2)c1. The highest BCUT2D eigenvalue weighted by Crippen LogP contribution is 2.19. The van der Waals surface area contributed by atoms with Crippen LogP contribution in [0.2, 0.25) is 0 Å². The van der Waals surface area contributed by atoms with Crippen molar-refractivity contribution in [1.29, 1.82) is 0 Å². The smallest absolute Gasteiger partial charge is 0.209 e. The minimum Gasteiger partial charge on any atom is -0.462 e. The first-order chi connectivity index (χ1) is 10.7. The zero-order valence-corrected chi connectivity index (χ0v) is 13.2. The number of aryl methyl sites for hydroxylation is 2. The van der Waals surface area contributed by atoms with E-state index in [0.29, 0.717) is 5.82 Å². The van der Waals surface area contributed by atoms with Gasteiger partial charge >= 0.3 is 0 Å². The number of hydrogen-bond acceptors (Lipinski definition) is 5. The summed E-state index contributed by atoms with van der Waals surface area (Å²) in [7, 11) is 0. The van der Waals surface area contributed by atoms with E-state index in [1.807, 2.05) is 50.5 Å². The summed E-state index contributed by atoms with van der Waals surface area (Å²) in [6.07, 6.45) is 7.43. The van der Waals surface area contributed by atoms with Crippen molar-refractivity contribution < 1.29 is 4.42 Å². The number of aromatic nitrogens is 4. The molecule has 0 fully saturated rings. The molecule has 0 saturated heterocycles. The summed E-state index contributed by atoms with van der Waals surface area (Å²) in [4.78, 5) is 8.60. The fraction of sp³-hybridized carbons (Fsp3) is 0.188. The summed E-state index contributed by atoms with van der Waals surface area (Å²) in [6, 6.07) is 5.96. The summed E-state index contributed by atoms with van der Waals surface area (Å²) < 4.78 is 5.47. The zero-order valence-electron chi connectivity index (χ0n) is 12.4. The first-order valence-electron chi connectivity index (χ1n) is 6.89. The number of pyridine rings is 1. The predicted octanol–water partition coefficient (Wildman–Crippen LogP) is 3.87. The number of furan rings is 1. The average Bonchev–Trinajstić information content (AvgIpc) is 3.12. The van der Waals surface area contributed by atoms with Crippen LogP contribution in [0.1, 0.15) is 28.5 Å². The van der Waals surface area contributed by atoms with E-state index in [1.54, 1.807) is 11.8 Å². The van der Waals surface area contributed by atoms with E-state index in [0.717, 1.165) is 33.6 Å². The molecule has 6 heteroatoms. The van der Waals surface area contributed by atoms with E-state index in [2.05, 4.69) is 26.2 Å². The molecular weight excluding hydrogens is 296 g/mol. The summed E-state index contributed by atoms with van der Waals surface area (Å²) in [5.41, 5.74) is 2.32. The Morgan fingerprint density at radius 3 is 2.91 bits per heavy atom. The maximum atomic E-state index is 5.47. The molecule has 0 aliphatic rings. The van der Waals surface area contributed by atoms with E-state index in [-0.39, 0.29) is 0 Å². The molecule has 0 bridgehead atoms. The van der Waals surface area contributed by atoms with Gasteiger partial charge in [-0.2, -0.15) is 0 Å². The molecule has 3 aromatic rings. The number of nitrogens with one attached hydrogen (secondary N) is 1. The van der Waals surface area contributed by atoms with Crippen molar-refractivity contribution in [2.75, 3.05) is 0 Å². The molecule has 5 nitrogen and oxygen atoms in total. The minimum absolute atomic E-state index is 0.707. The van der Waals surface area contributed by atoms with Crippen LogP contribution in [0.4, 0.5) is 0 Å². The maximum Gasteiger partial charge on any atom is 0.209 e. The summed E-state index contributed by atoms with van der Waals surface area (Å²) >= 11 is 1.58. The molecule has 22 heavy (non-hydrogen) atoms. The lowest BCUT2D eigenvalue weighted by Crippen LogP contribution is -1.85. The highest BCUT2D eigenvalue weighted by Gasteiger charge is 2.03. The van der Waals surface area contributed by atoms with E-state index in [4.69, 9.17) is 4.42 Å². The van der Waals surface area contributed by atoms with Crippen molar-refractivity contribution >= 4 is 23.9 Å². The van der Waals surface area contributed by atoms with Crippen molar-refractivity contribution in [3.63, 3.8) is 0 Å². The minimum atomic E-state index is 0.707. The molecule has 3 rings (SSSR count). The van der Waals surface area contributed by atoms with Gasteiger partial charge in [0.2, 0.25) is 5.16 Å². The Balaban J connectivity index is 1.60. The summed E-state index contributed by atoms with van der Waals surface area (Å²) in [5.74, 6) is 3.20. The molecule has 0 saturated carbocycles. The topological polar surface area (TPSA) is 67.6 Å². The molecule has 3 aromatic heterocycles. The van der Waals surface area contributed by atoms with Gasteiger partial charge in [0.1, 0.15) is 17.3 Å². The predicted molar refractivity (Wildman–Crippen MR) is 87.3 cm³/mol. The first kappa shape index (κ1) is 14.6. The fourth-order valence-electron chi connectivity index (χ4n) is 1.95. The lowest BCUT2D eigenvalue weighted by atomic mass is 10.2. The zero-order chi connectivity index (χ0) is 15.4. The third kappa shape index (κ3) is 3.85. The standard InChI is InChI=1S/C16H16N4OS/c1-11-7-13(9-17-8-11)10-22-16-18-15(19-20-16)6-5-14-4-3-12(2)21-14/h3-9H,10H2,1-2H3,(H,18,19,20). The normalized spacial score (nSPS) is 11.4. The van der Waals surface area contributed by atoms with Gasteiger partial charge in [0.25, 0.3) is 0 Å². The van der Waals surface area contributed by atoms with Crippen LogP contribution in [-0.2, 0) is 5.75 Å². The highest BCUT2D eigenvalue weighted by atomic mass is 32.2. The molecule has 0 aromatic carbocycles. The number of hydrogen-bond donors (Lipinski definition) is 1. The van der Waals surface area contributed by atoms with Crippen molar-refractivity contribution in [2.24, 2.45) is 0 Å². The van der Waals surface area contributed by atoms with Gasteiger partial charge in [-0.3, -0.25) is 10.1 Å². The van der Waals surface area contributed by atoms with Crippen LogP contribution in [0, 0.1) is 13.8 Å². The van der Waals surface area contributed by atoms with Crippen LogP contribution in [-0.4, -0.2) is 20.2 Å². The van der Waals surface area contributed by atoms with Gasteiger partial charge in [-0.05, 0) is 49.3 Å². The Labute approximate surface area is 132 Å². The van der Waals surface area contributed by atoms with Gasteiger partial charge in [-0.15, -0.1) is 5.10 Å². The van der Waals surface area contributed by atoms with Gasteiger partial charge in [-0.1, -0.05) is 17.8 Å². The lowest BCUT2D eigenvalue weighted by Gasteiger charge is -1.98. The van der Waals surface area contributed by atoms with Gasteiger partial charge in [0.15, 0.2) is 0 Å². The van der Waals surface area contributed by atoms with Gasteiger partial charge in [0, 0.05) is 18.1 Å². The third-order valence-electron chi connectivity index (χ3n) is 2.95. The van der Waals surface area contributed by atoms with Crippen LogP contribution in [0.3, 0.4) is 0 Å². The Bertz CT molecular complexity index is 791. The second kappa shape index (κ2) is 6.62. The lowest BCUT2D eigenvalue weighted by molar-refractivity contribution is 0.525. The van der Waals surface area contributed by atoms with Crippen molar-refractivity contribution in [1.82, 2.24) is 20.2 Å². The molecule has 0 amide bonds. The van der Waals surface area contributed by atoms with Crippen LogP contribution in [0.15, 0.2) is 40.2 Å². The number of rotatable bonds is 5. The molecule has 0 radical (unpaired) electrons. The van der Waals surface area contributed by atoms with Crippen LogP contribution < -0.4 is 0 Å². The van der Waals surface area contributed by atoms with E-state index < -0.39 is 0 Å². The number of nitrogens with zero attached hydrogens (tertiary/aromatic N) is 3. The molecule has 1 N–H and O–H groups in total. The quantitative estimate of drug-likeness (QED) is 0.724. The van der Waals surface area contributed by atoms with Crippen molar-refractivity contribution in [3.05, 3.63) is 59.1 Å². The van der Waals surface area contributed by atoms with E-state index >= 15 is 0 Å². The number of thioether (sulfide) groups is 1. The monoisotopic (exact) mass is 312 g/mol. The second-order valence-corrected chi connectivity index (χ2v) is 5.89. The van der Waals surface area contributed by atoms with Crippen molar-refractivity contribution in [2.45, 2.75) is 24.8 Å². The summed E-state index contributed by atoms with van der Waals surface area (Å²) in [6.45, 7) is 3.95. The van der Waals surface area contributed by atoms with Crippen LogP contribution in [0.5, 0.6) is 0 Å². The molecule has 0 spiro atoms. The molecule has 112 valence electrons. The highest BCUT2D eigenvalue weighted by molar-refractivity contribution is 7.98. The molecule has 0 aliphatic carbocycles. The van der Waals surface area contributed by atoms with E-state index in [9.17, 15) is 0 Å². The Kier molecular flexibility index (Phi) is 4.39. The van der Waals surface area contributed by atoms with Crippen LogP contribution >= 0.6 is 11.8 Å². The molecule has 0 aliphatic heterocycles.